The van der Waals surface area contributed by atoms with Crippen molar-refractivity contribution in [2.75, 3.05) is 5.32 Å². The number of benzene rings is 1. The zero-order valence-corrected chi connectivity index (χ0v) is 11.1. The second-order valence-corrected chi connectivity index (χ2v) is 4.66. The Kier molecular flexibility index (Phi) is 3.55. The second kappa shape index (κ2) is 5.14. The third kappa shape index (κ3) is 2.76. The molecule has 100 valence electrons. The van der Waals surface area contributed by atoms with Crippen LogP contribution in [0.1, 0.15) is 41.4 Å². The van der Waals surface area contributed by atoms with Crippen LogP contribution in [0.3, 0.4) is 0 Å². The van der Waals surface area contributed by atoms with Crippen molar-refractivity contribution in [3.8, 4) is 0 Å². The van der Waals surface area contributed by atoms with Crippen molar-refractivity contribution >= 4 is 17.7 Å². The molecule has 5 nitrogen and oxygen atoms in total. The number of oxazole rings is 1. The molecule has 0 saturated carbocycles. The van der Waals surface area contributed by atoms with Crippen molar-refractivity contribution < 1.29 is 14.3 Å². The SMILES string of the molecule is Cc1cccc(C(C)C)c1Nc1nc(C(=O)O)co1. The number of hydrogen-bond donors (Lipinski definition) is 2. The smallest absolute Gasteiger partial charge is 0.357 e. The van der Waals surface area contributed by atoms with Gasteiger partial charge in [0.2, 0.25) is 0 Å². The van der Waals surface area contributed by atoms with E-state index < -0.39 is 5.97 Å². The molecule has 5 heteroatoms. The molecule has 0 atom stereocenters. The summed E-state index contributed by atoms with van der Waals surface area (Å²) in [7, 11) is 0. The van der Waals surface area contributed by atoms with E-state index in [9.17, 15) is 4.79 Å². The lowest BCUT2D eigenvalue weighted by Crippen LogP contribution is -2.01. The molecule has 1 heterocycles. The van der Waals surface area contributed by atoms with E-state index in [4.69, 9.17) is 9.52 Å². The number of hydrogen-bond acceptors (Lipinski definition) is 4. The van der Waals surface area contributed by atoms with Gasteiger partial charge in [0.05, 0.1) is 0 Å². The third-order valence-corrected chi connectivity index (χ3v) is 2.88. The van der Waals surface area contributed by atoms with Gasteiger partial charge in [-0.2, -0.15) is 4.98 Å². The van der Waals surface area contributed by atoms with Gasteiger partial charge >= 0.3 is 5.97 Å². The Hall–Kier alpha value is -2.30. The van der Waals surface area contributed by atoms with Crippen molar-refractivity contribution in [1.82, 2.24) is 4.98 Å². The number of aromatic nitrogens is 1. The standard InChI is InChI=1S/C14H16N2O3/c1-8(2)10-6-4-5-9(3)12(10)16-14-15-11(7-19-14)13(17)18/h4-8H,1-3H3,(H,15,16)(H,17,18). The minimum atomic E-state index is -1.11. The summed E-state index contributed by atoms with van der Waals surface area (Å²) in [5.41, 5.74) is 3.00. The molecule has 0 saturated heterocycles. The van der Waals surface area contributed by atoms with Crippen molar-refractivity contribution in [1.29, 1.82) is 0 Å². The van der Waals surface area contributed by atoms with Crippen LogP contribution in [0.4, 0.5) is 11.7 Å². The first-order valence-electron chi connectivity index (χ1n) is 6.04. The Balaban J connectivity index is 2.34. The van der Waals surface area contributed by atoms with Gasteiger partial charge in [0.25, 0.3) is 6.01 Å². The molecule has 2 N–H and O–H groups in total. The van der Waals surface area contributed by atoms with E-state index in [1.165, 1.54) is 0 Å². The van der Waals surface area contributed by atoms with E-state index in [1.54, 1.807) is 0 Å². The predicted octanol–water partition coefficient (Wildman–Crippen LogP) is 3.55. The fourth-order valence-corrected chi connectivity index (χ4v) is 1.88. The lowest BCUT2D eigenvalue weighted by molar-refractivity contribution is 0.0690. The largest absolute Gasteiger partial charge is 0.476 e. The van der Waals surface area contributed by atoms with Crippen LogP contribution in [0.25, 0.3) is 0 Å². The van der Waals surface area contributed by atoms with Crippen LogP contribution in [0.2, 0.25) is 0 Å². The van der Waals surface area contributed by atoms with E-state index in [1.807, 2.05) is 25.1 Å². The molecule has 1 aromatic carbocycles. The summed E-state index contributed by atoms with van der Waals surface area (Å²) >= 11 is 0. The lowest BCUT2D eigenvalue weighted by atomic mass is 9.98. The van der Waals surface area contributed by atoms with Crippen LogP contribution >= 0.6 is 0 Å². The fraction of sp³-hybridized carbons (Fsp3) is 0.286. The number of rotatable bonds is 4. The van der Waals surface area contributed by atoms with Gasteiger partial charge in [-0.25, -0.2) is 4.79 Å². The van der Waals surface area contributed by atoms with Crippen LogP contribution in [0.5, 0.6) is 0 Å². The number of carbonyl (C=O) groups is 1. The Morgan fingerprint density at radius 3 is 2.74 bits per heavy atom. The number of para-hydroxylation sites is 1. The van der Waals surface area contributed by atoms with Gasteiger partial charge < -0.3 is 14.8 Å². The molecule has 2 rings (SSSR count). The van der Waals surface area contributed by atoms with Gasteiger partial charge in [0, 0.05) is 5.69 Å². The summed E-state index contributed by atoms with van der Waals surface area (Å²) in [6, 6.07) is 6.19. The summed E-state index contributed by atoms with van der Waals surface area (Å²) in [6.07, 6.45) is 1.12. The molecule has 0 bridgehead atoms. The highest BCUT2D eigenvalue weighted by molar-refractivity contribution is 5.85. The van der Waals surface area contributed by atoms with Crippen LogP contribution in [0.15, 0.2) is 28.9 Å². The maximum Gasteiger partial charge on any atom is 0.357 e. The maximum absolute atomic E-state index is 10.8. The zero-order chi connectivity index (χ0) is 14.0. The number of aromatic carboxylic acids is 1. The first-order valence-corrected chi connectivity index (χ1v) is 6.04. The molecular formula is C14H16N2O3. The first-order chi connectivity index (χ1) is 8.99. The minimum absolute atomic E-state index is 0.109. The molecule has 0 aliphatic heterocycles. The molecule has 0 spiro atoms. The Labute approximate surface area is 111 Å². The second-order valence-electron chi connectivity index (χ2n) is 4.66. The first kappa shape index (κ1) is 13.1. The molecule has 2 aromatic rings. The highest BCUT2D eigenvalue weighted by Gasteiger charge is 2.14. The Morgan fingerprint density at radius 1 is 1.42 bits per heavy atom. The molecule has 0 unspecified atom stereocenters. The average molecular weight is 260 g/mol. The third-order valence-electron chi connectivity index (χ3n) is 2.88. The topological polar surface area (TPSA) is 75.4 Å². The Morgan fingerprint density at radius 2 is 2.16 bits per heavy atom. The summed E-state index contributed by atoms with van der Waals surface area (Å²) in [4.78, 5) is 14.6. The number of nitrogens with one attached hydrogen (secondary N) is 1. The molecule has 0 aliphatic rings. The highest BCUT2D eigenvalue weighted by Crippen LogP contribution is 2.29. The molecule has 0 radical (unpaired) electrons. The van der Waals surface area contributed by atoms with E-state index in [-0.39, 0.29) is 11.7 Å². The molecule has 19 heavy (non-hydrogen) atoms. The van der Waals surface area contributed by atoms with E-state index in [0.717, 1.165) is 23.1 Å². The van der Waals surface area contributed by atoms with E-state index >= 15 is 0 Å². The average Bonchev–Trinajstić information content (AvgIpc) is 2.80. The fourth-order valence-electron chi connectivity index (χ4n) is 1.88. The molecule has 1 aromatic heterocycles. The van der Waals surface area contributed by atoms with Gasteiger partial charge in [0.1, 0.15) is 6.26 Å². The monoisotopic (exact) mass is 260 g/mol. The molecule has 0 aliphatic carbocycles. The molecule has 0 fully saturated rings. The summed E-state index contributed by atoms with van der Waals surface area (Å²) < 4.78 is 5.12. The van der Waals surface area contributed by atoms with E-state index in [2.05, 4.69) is 24.1 Å². The normalized spacial score (nSPS) is 10.7. The number of nitrogens with zero attached hydrogens (tertiary/aromatic N) is 1. The van der Waals surface area contributed by atoms with Gasteiger partial charge in [-0.05, 0) is 24.0 Å². The quantitative estimate of drug-likeness (QED) is 0.879. The van der Waals surface area contributed by atoms with Crippen molar-refractivity contribution in [2.45, 2.75) is 26.7 Å². The summed E-state index contributed by atoms with van der Waals surface area (Å²) in [5, 5.41) is 11.9. The molecule has 0 amide bonds. The van der Waals surface area contributed by atoms with Crippen molar-refractivity contribution in [3.63, 3.8) is 0 Å². The number of anilines is 2. The predicted molar refractivity (Wildman–Crippen MR) is 72.0 cm³/mol. The maximum atomic E-state index is 10.8. The van der Waals surface area contributed by atoms with Crippen LogP contribution in [0, 0.1) is 6.92 Å². The Bertz CT molecular complexity index is 602. The lowest BCUT2D eigenvalue weighted by Gasteiger charge is -2.15. The number of aryl methyl sites for hydroxylation is 1. The summed E-state index contributed by atoms with van der Waals surface area (Å²) in [5.74, 6) is -0.762. The van der Waals surface area contributed by atoms with Gasteiger partial charge in [0.15, 0.2) is 5.69 Å². The van der Waals surface area contributed by atoms with Crippen LogP contribution in [-0.4, -0.2) is 16.1 Å². The van der Waals surface area contributed by atoms with Crippen molar-refractivity contribution in [2.24, 2.45) is 0 Å². The van der Waals surface area contributed by atoms with Crippen molar-refractivity contribution in [3.05, 3.63) is 41.3 Å². The zero-order valence-electron chi connectivity index (χ0n) is 11.1. The van der Waals surface area contributed by atoms with Crippen LogP contribution < -0.4 is 5.32 Å². The minimum Gasteiger partial charge on any atom is -0.476 e. The molecular weight excluding hydrogens is 244 g/mol. The highest BCUT2D eigenvalue weighted by atomic mass is 16.4. The van der Waals surface area contributed by atoms with Gasteiger partial charge in [-0.3, -0.25) is 0 Å². The van der Waals surface area contributed by atoms with Crippen LogP contribution in [-0.2, 0) is 0 Å². The number of carboxylic acids is 1. The van der Waals surface area contributed by atoms with Gasteiger partial charge in [-0.15, -0.1) is 0 Å². The van der Waals surface area contributed by atoms with Gasteiger partial charge in [-0.1, -0.05) is 32.0 Å². The number of carboxylic acid groups (broad SMARTS) is 1. The van der Waals surface area contributed by atoms with E-state index in [0.29, 0.717) is 5.92 Å². The summed E-state index contributed by atoms with van der Waals surface area (Å²) in [6.45, 7) is 6.17.